The number of halogens is 1. The van der Waals surface area contributed by atoms with Gasteiger partial charge in [-0.15, -0.1) is 12.4 Å². The first-order valence-electron chi connectivity index (χ1n) is 5.86. The van der Waals surface area contributed by atoms with Gasteiger partial charge in [-0.05, 0) is 33.6 Å². The Bertz CT molecular complexity index is 368. The molecule has 0 radical (unpaired) electrons. The highest BCUT2D eigenvalue weighted by molar-refractivity contribution is 7.91. The minimum absolute atomic E-state index is 0. The van der Waals surface area contributed by atoms with Crippen LogP contribution in [0.1, 0.15) is 33.6 Å². The molecule has 17 heavy (non-hydrogen) atoms. The fourth-order valence-electron chi connectivity index (χ4n) is 2.74. The van der Waals surface area contributed by atoms with E-state index in [-0.39, 0.29) is 23.7 Å². The molecule has 0 saturated carbocycles. The highest BCUT2D eigenvalue weighted by Gasteiger charge is 2.46. The summed E-state index contributed by atoms with van der Waals surface area (Å²) in [7, 11) is -2.78. The highest BCUT2D eigenvalue weighted by Crippen LogP contribution is 2.35. The molecule has 4 nitrogen and oxygen atoms in total. The Hall–Kier alpha value is 0.160. The SMILES string of the molecule is CC1(C)COC(C)(C2CCS(=O)(=O)CC2)N1.Cl. The van der Waals surface area contributed by atoms with Crippen molar-refractivity contribution in [3.8, 4) is 0 Å². The summed E-state index contributed by atoms with van der Waals surface area (Å²) in [5.41, 5.74) is -0.357. The van der Waals surface area contributed by atoms with Crippen LogP contribution in [0.15, 0.2) is 0 Å². The van der Waals surface area contributed by atoms with Crippen LogP contribution in [0, 0.1) is 5.92 Å². The largest absolute Gasteiger partial charge is 0.359 e. The Morgan fingerprint density at radius 2 is 1.71 bits per heavy atom. The number of hydrogen-bond acceptors (Lipinski definition) is 4. The lowest BCUT2D eigenvalue weighted by atomic mass is 9.90. The van der Waals surface area contributed by atoms with Crippen molar-refractivity contribution in [2.45, 2.75) is 44.9 Å². The molecule has 2 saturated heterocycles. The molecule has 0 bridgehead atoms. The Balaban J connectivity index is 0.00000144. The van der Waals surface area contributed by atoms with Gasteiger partial charge in [-0.3, -0.25) is 5.32 Å². The van der Waals surface area contributed by atoms with Crippen molar-refractivity contribution in [1.82, 2.24) is 5.32 Å². The summed E-state index contributed by atoms with van der Waals surface area (Å²) in [6.07, 6.45) is 1.42. The Labute approximate surface area is 110 Å². The fraction of sp³-hybridized carbons (Fsp3) is 1.00. The van der Waals surface area contributed by atoms with Crippen molar-refractivity contribution >= 4 is 22.2 Å². The van der Waals surface area contributed by atoms with Gasteiger partial charge in [-0.2, -0.15) is 0 Å². The molecule has 2 rings (SSSR count). The van der Waals surface area contributed by atoms with E-state index in [2.05, 4.69) is 19.2 Å². The third-order valence-electron chi connectivity index (χ3n) is 3.65. The van der Waals surface area contributed by atoms with Crippen molar-refractivity contribution in [2.24, 2.45) is 5.92 Å². The number of rotatable bonds is 1. The maximum atomic E-state index is 11.4. The van der Waals surface area contributed by atoms with E-state index in [0.29, 0.717) is 36.9 Å². The zero-order valence-corrected chi connectivity index (χ0v) is 12.3. The molecule has 1 atom stereocenters. The predicted octanol–water partition coefficient (Wildman–Crippen LogP) is 1.35. The number of nitrogens with one attached hydrogen (secondary N) is 1. The second kappa shape index (κ2) is 4.68. The number of ether oxygens (including phenoxy) is 1. The molecule has 1 unspecified atom stereocenters. The number of hydrogen-bond donors (Lipinski definition) is 1. The summed E-state index contributed by atoms with van der Waals surface area (Å²) in [6.45, 7) is 6.95. The molecule has 0 spiro atoms. The van der Waals surface area contributed by atoms with Crippen molar-refractivity contribution in [3.63, 3.8) is 0 Å². The van der Waals surface area contributed by atoms with Crippen LogP contribution in [0.25, 0.3) is 0 Å². The Morgan fingerprint density at radius 3 is 2.12 bits per heavy atom. The molecular weight excluding hydrogens is 262 g/mol. The molecule has 6 heteroatoms. The average Bonchev–Trinajstić information content (AvgIpc) is 2.41. The summed E-state index contributed by atoms with van der Waals surface area (Å²) in [6, 6.07) is 0. The lowest BCUT2D eigenvalue weighted by Gasteiger charge is -2.37. The monoisotopic (exact) mass is 283 g/mol. The second-order valence-corrected chi connectivity index (χ2v) is 8.13. The Morgan fingerprint density at radius 1 is 1.18 bits per heavy atom. The quantitative estimate of drug-likeness (QED) is 0.789. The van der Waals surface area contributed by atoms with Crippen LogP contribution in [-0.2, 0) is 14.6 Å². The van der Waals surface area contributed by atoms with E-state index >= 15 is 0 Å². The second-order valence-electron chi connectivity index (χ2n) is 5.83. The van der Waals surface area contributed by atoms with Crippen molar-refractivity contribution in [1.29, 1.82) is 0 Å². The van der Waals surface area contributed by atoms with E-state index in [9.17, 15) is 8.42 Å². The molecule has 0 amide bonds. The van der Waals surface area contributed by atoms with Crippen molar-refractivity contribution in [3.05, 3.63) is 0 Å². The molecule has 0 aromatic carbocycles. The van der Waals surface area contributed by atoms with E-state index in [0.717, 1.165) is 0 Å². The molecule has 1 N–H and O–H groups in total. The molecule has 0 aromatic rings. The van der Waals surface area contributed by atoms with E-state index < -0.39 is 9.84 Å². The third-order valence-corrected chi connectivity index (χ3v) is 5.37. The molecule has 2 aliphatic heterocycles. The van der Waals surface area contributed by atoms with Crippen LogP contribution in [0.2, 0.25) is 0 Å². The van der Waals surface area contributed by atoms with Crippen LogP contribution in [0.3, 0.4) is 0 Å². The maximum Gasteiger partial charge on any atom is 0.150 e. The molecule has 2 heterocycles. The molecule has 0 aromatic heterocycles. The van der Waals surface area contributed by atoms with Gasteiger partial charge in [0.05, 0.1) is 18.1 Å². The normalized spacial score (nSPS) is 36.4. The predicted molar refractivity (Wildman–Crippen MR) is 70.2 cm³/mol. The minimum Gasteiger partial charge on any atom is -0.359 e. The first kappa shape index (κ1) is 15.2. The number of sulfone groups is 1. The molecular formula is C11H22ClNO3S. The summed E-state index contributed by atoms with van der Waals surface area (Å²) in [4.78, 5) is 0. The average molecular weight is 284 g/mol. The molecule has 102 valence electrons. The van der Waals surface area contributed by atoms with E-state index in [1.165, 1.54) is 0 Å². The lowest BCUT2D eigenvalue weighted by Crippen LogP contribution is -2.52. The van der Waals surface area contributed by atoms with Gasteiger partial charge >= 0.3 is 0 Å². The molecule has 2 aliphatic rings. The zero-order valence-electron chi connectivity index (χ0n) is 10.7. The van der Waals surface area contributed by atoms with Gasteiger partial charge < -0.3 is 4.74 Å². The summed E-state index contributed by atoms with van der Waals surface area (Å²) >= 11 is 0. The lowest BCUT2D eigenvalue weighted by molar-refractivity contribution is -0.0461. The van der Waals surface area contributed by atoms with Gasteiger partial charge in [0.2, 0.25) is 0 Å². The minimum atomic E-state index is -2.78. The van der Waals surface area contributed by atoms with Gasteiger partial charge in [0.25, 0.3) is 0 Å². The smallest absolute Gasteiger partial charge is 0.150 e. The van der Waals surface area contributed by atoms with Crippen molar-refractivity contribution < 1.29 is 13.2 Å². The van der Waals surface area contributed by atoms with Crippen LogP contribution in [0.4, 0.5) is 0 Å². The molecule has 0 aliphatic carbocycles. The maximum absolute atomic E-state index is 11.4. The van der Waals surface area contributed by atoms with Crippen LogP contribution in [0.5, 0.6) is 0 Å². The van der Waals surface area contributed by atoms with E-state index in [1.54, 1.807) is 0 Å². The first-order chi connectivity index (χ1) is 7.23. The standard InChI is InChI=1S/C11H21NO3S.ClH/c1-10(2)8-15-11(3,12-10)9-4-6-16(13,14)7-5-9;/h9,12H,4-8H2,1-3H3;1H. The fourth-order valence-corrected chi connectivity index (χ4v) is 4.23. The van der Waals surface area contributed by atoms with Gasteiger partial charge in [0.1, 0.15) is 15.6 Å². The summed E-state index contributed by atoms with van der Waals surface area (Å²) < 4.78 is 28.6. The van der Waals surface area contributed by atoms with Gasteiger partial charge in [0.15, 0.2) is 0 Å². The zero-order chi connectivity index (χ0) is 12.0. The summed E-state index contributed by atoms with van der Waals surface area (Å²) in [5, 5.41) is 3.49. The highest BCUT2D eigenvalue weighted by atomic mass is 35.5. The Kier molecular flexibility index (Phi) is 4.19. The van der Waals surface area contributed by atoms with Gasteiger partial charge in [-0.1, -0.05) is 0 Å². The van der Waals surface area contributed by atoms with E-state index in [1.807, 2.05) is 6.92 Å². The van der Waals surface area contributed by atoms with Crippen molar-refractivity contribution in [2.75, 3.05) is 18.1 Å². The van der Waals surface area contributed by atoms with E-state index in [4.69, 9.17) is 4.74 Å². The van der Waals surface area contributed by atoms with Gasteiger partial charge in [0, 0.05) is 11.5 Å². The summed E-state index contributed by atoms with van der Waals surface area (Å²) in [5.74, 6) is 0.912. The topological polar surface area (TPSA) is 55.4 Å². The third kappa shape index (κ3) is 3.34. The molecule has 2 fully saturated rings. The first-order valence-corrected chi connectivity index (χ1v) is 7.68. The van der Waals surface area contributed by atoms with Crippen LogP contribution >= 0.6 is 12.4 Å². The van der Waals surface area contributed by atoms with Gasteiger partial charge in [-0.25, -0.2) is 8.42 Å². The van der Waals surface area contributed by atoms with Crippen LogP contribution < -0.4 is 5.32 Å². The van der Waals surface area contributed by atoms with Crippen LogP contribution in [-0.4, -0.2) is 37.8 Å².